The summed E-state index contributed by atoms with van der Waals surface area (Å²) in [6.07, 6.45) is 3.25. The van der Waals surface area contributed by atoms with Crippen molar-refractivity contribution in [3.05, 3.63) is 35.1 Å². The van der Waals surface area contributed by atoms with E-state index in [1.54, 1.807) is 20.1 Å². The molecule has 2 nitrogen and oxygen atoms in total. The Morgan fingerprint density at radius 1 is 1.41 bits per heavy atom. The van der Waals surface area contributed by atoms with Crippen LogP contribution in [0, 0.1) is 12.7 Å². The fraction of sp³-hybridized carbons (Fsp3) is 0.571. The summed E-state index contributed by atoms with van der Waals surface area (Å²) in [6.45, 7) is 1.78. The molecule has 2 rings (SSSR count). The number of aryl methyl sites for hydroxylation is 1. The lowest BCUT2D eigenvalue weighted by atomic mass is 9.72. The number of hydrogen-bond acceptors (Lipinski definition) is 2. The molecule has 1 aliphatic rings. The third-order valence-electron chi connectivity index (χ3n) is 3.95. The number of ether oxygens (including phenoxy) is 1. The highest BCUT2D eigenvalue weighted by Gasteiger charge is 2.44. The number of hydrogen-bond donors (Lipinski definition) is 1. The van der Waals surface area contributed by atoms with E-state index >= 15 is 0 Å². The molecular formula is C14H20FNO. The second-order valence-electron chi connectivity index (χ2n) is 4.85. The molecule has 0 spiro atoms. The Morgan fingerprint density at radius 2 is 2.12 bits per heavy atom. The largest absolute Gasteiger partial charge is 0.376 e. The number of halogens is 1. The summed E-state index contributed by atoms with van der Waals surface area (Å²) < 4.78 is 19.3. The van der Waals surface area contributed by atoms with Gasteiger partial charge in [-0.3, -0.25) is 0 Å². The van der Waals surface area contributed by atoms with Gasteiger partial charge in [0.2, 0.25) is 0 Å². The van der Waals surface area contributed by atoms with Gasteiger partial charge in [0, 0.05) is 7.11 Å². The highest BCUT2D eigenvalue weighted by atomic mass is 19.1. The van der Waals surface area contributed by atoms with Gasteiger partial charge < -0.3 is 10.1 Å². The molecule has 3 heteroatoms. The molecular weight excluding hydrogens is 217 g/mol. The van der Waals surface area contributed by atoms with Gasteiger partial charge in [-0.1, -0.05) is 12.1 Å². The zero-order valence-electron chi connectivity index (χ0n) is 10.7. The third kappa shape index (κ3) is 2.09. The average molecular weight is 237 g/mol. The second kappa shape index (κ2) is 4.75. The Balaban J connectivity index is 2.31. The lowest BCUT2D eigenvalue weighted by molar-refractivity contribution is -0.0983. The summed E-state index contributed by atoms with van der Waals surface area (Å²) in [5.41, 5.74) is 1.50. The van der Waals surface area contributed by atoms with Crippen LogP contribution >= 0.6 is 0 Å². The first-order chi connectivity index (χ1) is 8.13. The minimum atomic E-state index is -0.156. The molecule has 94 valence electrons. The van der Waals surface area contributed by atoms with Crippen LogP contribution in [0.5, 0.6) is 0 Å². The zero-order chi connectivity index (χ0) is 12.5. The quantitative estimate of drug-likeness (QED) is 0.869. The minimum Gasteiger partial charge on any atom is -0.376 e. The van der Waals surface area contributed by atoms with Crippen molar-refractivity contribution in [1.29, 1.82) is 0 Å². The molecule has 0 amide bonds. The van der Waals surface area contributed by atoms with E-state index in [0.717, 1.165) is 18.4 Å². The lowest BCUT2D eigenvalue weighted by Crippen LogP contribution is -2.49. The zero-order valence-corrected chi connectivity index (χ0v) is 10.7. The van der Waals surface area contributed by atoms with E-state index in [4.69, 9.17) is 4.74 Å². The summed E-state index contributed by atoms with van der Waals surface area (Å²) in [4.78, 5) is 0. The van der Waals surface area contributed by atoms with E-state index in [-0.39, 0.29) is 17.5 Å². The Bertz CT molecular complexity index is 396. The summed E-state index contributed by atoms with van der Waals surface area (Å²) in [7, 11) is 3.65. The third-order valence-corrected chi connectivity index (χ3v) is 3.95. The van der Waals surface area contributed by atoms with Crippen molar-refractivity contribution in [2.24, 2.45) is 0 Å². The van der Waals surface area contributed by atoms with Crippen LogP contribution in [0.4, 0.5) is 4.39 Å². The maximum Gasteiger partial charge on any atom is 0.126 e. The van der Waals surface area contributed by atoms with Gasteiger partial charge in [0.25, 0.3) is 0 Å². The fourth-order valence-corrected chi connectivity index (χ4v) is 2.66. The van der Waals surface area contributed by atoms with Gasteiger partial charge in [0.15, 0.2) is 0 Å². The number of rotatable bonds is 4. The first-order valence-electron chi connectivity index (χ1n) is 6.11. The maximum absolute atomic E-state index is 13.6. The van der Waals surface area contributed by atoms with Crippen molar-refractivity contribution >= 4 is 0 Å². The van der Waals surface area contributed by atoms with Crippen molar-refractivity contribution < 1.29 is 9.13 Å². The Kier molecular flexibility index (Phi) is 3.50. The van der Waals surface area contributed by atoms with E-state index < -0.39 is 0 Å². The molecule has 0 heterocycles. The van der Waals surface area contributed by atoms with E-state index in [1.165, 1.54) is 6.42 Å². The Labute approximate surface area is 102 Å². The molecule has 1 atom stereocenters. The summed E-state index contributed by atoms with van der Waals surface area (Å²) in [5, 5.41) is 3.27. The van der Waals surface area contributed by atoms with Crippen molar-refractivity contribution in [2.75, 3.05) is 14.2 Å². The van der Waals surface area contributed by atoms with Crippen molar-refractivity contribution in [3.63, 3.8) is 0 Å². The maximum atomic E-state index is 13.6. The second-order valence-corrected chi connectivity index (χ2v) is 4.85. The van der Waals surface area contributed by atoms with Crippen LogP contribution in [0.3, 0.4) is 0 Å². The molecule has 0 radical (unpaired) electrons. The number of methoxy groups -OCH3 is 1. The van der Waals surface area contributed by atoms with E-state index in [0.29, 0.717) is 5.56 Å². The van der Waals surface area contributed by atoms with Crippen LogP contribution < -0.4 is 5.32 Å². The van der Waals surface area contributed by atoms with Gasteiger partial charge in [0.1, 0.15) is 5.82 Å². The molecule has 1 aromatic carbocycles. The van der Waals surface area contributed by atoms with Gasteiger partial charge in [-0.2, -0.15) is 0 Å². The van der Waals surface area contributed by atoms with E-state index in [1.807, 2.05) is 19.2 Å². The fourth-order valence-electron chi connectivity index (χ4n) is 2.66. The van der Waals surface area contributed by atoms with Crippen LogP contribution in [0.1, 0.15) is 36.4 Å². The molecule has 17 heavy (non-hydrogen) atoms. The molecule has 1 N–H and O–H groups in total. The van der Waals surface area contributed by atoms with E-state index in [2.05, 4.69) is 5.32 Å². The SMILES string of the molecule is CNC(c1ccc(C)c(F)c1)C1(OC)CCC1. The summed E-state index contributed by atoms with van der Waals surface area (Å²) >= 11 is 0. The summed E-state index contributed by atoms with van der Waals surface area (Å²) in [5.74, 6) is -0.145. The number of nitrogens with one attached hydrogen (secondary N) is 1. The van der Waals surface area contributed by atoms with Crippen LogP contribution in [0.25, 0.3) is 0 Å². The van der Waals surface area contributed by atoms with Gasteiger partial charge in [-0.15, -0.1) is 0 Å². The van der Waals surface area contributed by atoms with Crippen molar-refractivity contribution in [1.82, 2.24) is 5.32 Å². The van der Waals surface area contributed by atoms with Crippen molar-refractivity contribution in [3.8, 4) is 0 Å². The van der Waals surface area contributed by atoms with Gasteiger partial charge in [0.05, 0.1) is 11.6 Å². The van der Waals surface area contributed by atoms with Crippen LogP contribution in [-0.2, 0) is 4.74 Å². The van der Waals surface area contributed by atoms with Gasteiger partial charge in [-0.05, 0) is 50.4 Å². The first kappa shape index (κ1) is 12.5. The molecule has 0 saturated heterocycles. The van der Waals surface area contributed by atoms with Gasteiger partial charge >= 0.3 is 0 Å². The lowest BCUT2D eigenvalue weighted by Gasteiger charge is -2.46. The molecule has 1 fully saturated rings. The first-order valence-corrected chi connectivity index (χ1v) is 6.11. The molecule has 1 aromatic rings. The average Bonchev–Trinajstić information content (AvgIpc) is 2.27. The topological polar surface area (TPSA) is 21.3 Å². The minimum absolute atomic E-state index is 0.0661. The standard InChI is InChI=1S/C14H20FNO/c1-10-5-6-11(9-12(10)15)13(16-2)14(17-3)7-4-8-14/h5-6,9,13,16H,4,7-8H2,1-3H3. The Morgan fingerprint density at radius 3 is 2.53 bits per heavy atom. The van der Waals surface area contributed by atoms with Crippen LogP contribution in [0.15, 0.2) is 18.2 Å². The predicted octanol–water partition coefficient (Wildman–Crippen LogP) is 2.96. The predicted molar refractivity (Wildman–Crippen MR) is 66.5 cm³/mol. The normalized spacial score (nSPS) is 19.8. The monoisotopic (exact) mass is 237 g/mol. The molecule has 0 aliphatic heterocycles. The highest BCUT2D eigenvalue weighted by molar-refractivity contribution is 5.28. The van der Waals surface area contributed by atoms with Gasteiger partial charge in [-0.25, -0.2) is 4.39 Å². The smallest absolute Gasteiger partial charge is 0.126 e. The molecule has 0 bridgehead atoms. The number of likely N-dealkylation sites (N-methyl/N-ethyl adjacent to an activating group) is 1. The highest BCUT2D eigenvalue weighted by Crippen LogP contribution is 2.44. The van der Waals surface area contributed by atoms with Crippen molar-refractivity contribution in [2.45, 2.75) is 37.8 Å². The molecule has 1 aliphatic carbocycles. The summed E-state index contributed by atoms with van der Waals surface area (Å²) in [6, 6.07) is 5.50. The molecule has 0 aromatic heterocycles. The molecule has 1 saturated carbocycles. The van der Waals surface area contributed by atoms with Crippen LogP contribution in [0.2, 0.25) is 0 Å². The van der Waals surface area contributed by atoms with E-state index in [9.17, 15) is 4.39 Å². The van der Waals surface area contributed by atoms with Crippen LogP contribution in [-0.4, -0.2) is 19.8 Å². The number of benzene rings is 1. The molecule has 1 unspecified atom stereocenters. The Hall–Kier alpha value is -0.930.